The summed E-state index contributed by atoms with van der Waals surface area (Å²) in [6, 6.07) is 0.646. The molecule has 1 N–H and O–H groups in total. The zero-order valence-electron chi connectivity index (χ0n) is 12.3. The van der Waals surface area contributed by atoms with Crippen LogP contribution in [0.1, 0.15) is 33.1 Å². The zero-order chi connectivity index (χ0) is 13.7. The molecule has 0 amide bonds. The topological polar surface area (TPSA) is 36.9 Å². The molecule has 1 aliphatic heterocycles. The highest BCUT2D eigenvalue weighted by molar-refractivity contribution is 5.73. The lowest BCUT2D eigenvalue weighted by atomic mass is 10.2. The Morgan fingerprint density at radius 2 is 2.32 bits per heavy atom. The predicted molar refractivity (Wildman–Crippen MR) is 79.4 cm³/mol. The van der Waals surface area contributed by atoms with Crippen LogP contribution in [0.15, 0.2) is 17.6 Å². The van der Waals surface area contributed by atoms with Crippen LogP contribution in [0, 0.1) is 5.92 Å². The second-order valence-corrected chi connectivity index (χ2v) is 5.71. The minimum atomic E-state index is 0.206. The normalized spacial score (nSPS) is 26.4. The number of nitrogens with one attached hydrogen (secondary N) is 1. The highest BCUT2D eigenvalue weighted by Crippen LogP contribution is 2.28. The summed E-state index contributed by atoms with van der Waals surface area (Å²) in [5, 5.41) is 3.68. The summed E-state index contributed by atoms with van der Waals surface area (Å²) in [4.78, 5) is 7.01. The van der Waals surface area contributed by atoms with Gasteiger partial charge in [0.2, 0.25) is 0 Å². The Morgan fingerprint density at radius 1 is 1.53 bits per heavy atom. The summed E-state index contributed by atoms with van der Waals surface area (Å²) >= 11 is 0. The zero-order valence-corrected chi connectivity index (χ0v) is 12.3. The van der Waals surface area contributed by atoms with Crippen molar-refractivity contribution >= 4 is 5.90 Å². The first-order valence-electron chi connectivity index (χ1n) is 7.44. The molecule has 1 heterocycles. The van der Waals surface area contributed by atoms with Crippen molar-refractivity contribution in [3.05, 3.63) is 12.7 Å². The molecule has 2 rings (SSSR count). The molecule has 4 heteroatoms. The van der Waals surface area contributed by atoms with Gasteiger partial charge < -0.3 is 10.1 Å². The van der Waals surface area contributed by atoms with Gasteiger partial charge in [-0.05, 0) is 38.6 Å². The second-order valence-electron chi connectivity index (χ2n) is 5.71. The Balaban J connectivity index is 1.70. The molecule has 1 saturated heterocycles. The smallest absolute Gasteiger partial charge is 0.181 e. The fourth-order valence-corrected chi connectivity index (χ4v) is 2.51. The minimum absolute atomic E-state index is 0.206. The van der Waals surface area contributed by atoms with Gasteiger partial charge in [0.05, 0.1) is 0 Å². The van der Waals surface area contributed by atoms with Gasteiger partial charge in [0.25, 0.3) is 0 Å². The van der Waals surface area contributed by atoms with E-state index in [0.717, 1.165) is 24.9 Å². The molecular weight excluding hydrogens is 238 g/mol. The monoisotopic (exact) mass is 265 g/mol. The molecule has 2 unspecified atom stereocenters. The van der Waals surface area contributed by atoms with Crippen molar-refractivity contribution in [1.29, 1.82) is 0 Å². The SMILES string of the molecule is C=CCO/C(C)=N\C(C)N1CCC(NCC2CC2)C1. The molecule has 1 aliphatic carbocycles. The molecule has 0 spiro atoms. The number of aliphatic imine (C=N–C) groups is 1. The van der Waals surface area contributed by atoms with E-state index >= 15 is 0 Å². The molecule has 4 nitrogen and oxygen atoms in total. The van der Waals surface area contributed by atoms with E-state index in [1.54, 1.807) is 6.08 Å². The van der Waals surface area contributed by atoms with Gasteiger partial charge in [0.15, 0.2) is 5.90 Å². The molecule has 0 radical (unpaired) electrons. The molecule has 1 saturated carbocycles. The maximum atomic E-state index is 5.43. The average Bonchev–Trinajstić information content (AvgIpc) is 3.10. The largest absolute Gasteiger partial charge is 0.477 e. The molecule has 0 aromatic heterocycles. The van der Waals surface area contributed by atoms with Gasteiger partial charge in [0, 0.05) is 26.1 Å². The average molecular weight is 265 g/mol. The molecular formula is C15H27N3O. The summed E-state index contributed by atoms with van der Waals surface area (Å²) in [5.41, 5.74) is 0. The molecule has 108 valence electrons. The van der Waals surface area contributed by atoms with Crippen LogP contribution in [0.2, 0.25) is 0 Å². The molecule has 0 aromatic rings. The van der Waals surface area contributed by atoms with Gasteiger partial charge >= 0.3 is 0 Å². The van der Waals surface area contributed by atoms with Crippen molar-refractivity contribution in [3.8, 4) is 0 Å². The summed E-state index contributed by atoms with van der Waals surface area (Å²) in [6.07, 6.45) is 6.03. The Hall–Kier alpha value is -0.870. The van der Waals surface area contributed by atoms with Crippen LogP contribution in [-0.2, 0) is 4.74 Å². The highest BCUT2D eigenvalue weighted by atomic mass is 16.5. The van der Waals surface area contributed by atoms with Crippen LogP contribution in [0.25, 0.3) is 0 Å². The van der Waals surface area contributed by atoms with E-state index in [1.165, 1.54) is 25.8 Å². The number of hydrogen-bond donors (Lipinski definition) is 1. The Kier molecular flexibility index (Phi) is 5.40. The van der Waals surface area contributed by atoms with Gasteiger partial charge in [-0.2, -0.15) is 0 Å². The first-order chi connectivity index (χ1) is 9.19. The van der Waals surface area contributed by atoms with E-state index in [-0.39, 0.29) is 6.17 Å². The van der Waals surface area contributed by atoms with Gasteiger partial charge in [-0.1, -0.05) is 12.7 Å². The van der Waals surface area contributed by atoms with Crippen LogP contribution in [0.5, 0.6) is 0 Å². The molecule has 0 bridgehead atoms. The second kappa shape index (κ2) is 7.06. The summed E-state index contributed by atoms with van der Waals surface area (Å²) < 4.78 is 5.43. The van der Waals surface area contributed by atoms with Crippen molar-refractivity contribution in [2.75, 3.05) is 26.2 Å². The molecule has 19 heavy (non-hydrogen) atoms. The van der Waals surface area contributed by atoms with E-state index in [4.69, 9.17) is 4.74 Å². The molecule has 2 aliphatic rings. The lowest BCUT2D eigenvalue weighted by Gasteiger charge is -2.21. The van der Waals surface area contributed by atoms with Crippen molar-refractivity contribution in [3.63, 3.8) is 0 Å². The van der Waals surface area contributed by atoms with Crippen molar-refractivity contribution < 1.29 is 4.74 Å². The van der Waals surface area contributed by atoms with E-state index in [1.807, 2.05) is 6.92 Å². The molecule has 0 aromatic carbocycles. The fourth-order valence-electron chi connectivity index (χ4n) is 2.51. The molecule has 2 atom stereocenters. The number of ether oxygens (including phenoxy) is 1. The summed E-state index contributed by atoms with van der Waals surface area (Å²) in [6.45, 7) is 11.7. The fraction of sp³-hybridized carbons (Fsp3) is 0.800. The standard InChI is InChI=1S/C15H27N3O/c1-4-9-19-13(3)17-12(2)18-8-7-15(11-18)16-10-14-5-6-14/h4,12,14-16H,1,5-11H2,2-3H3/b17-13-. The third-order valence-electron chi connectivity index (χ3n) is 3.92. The van der Waals surface area contributed by atoms with Crippen LogP contribution >= 0.6 is 0 Å². The lowest BCUT2D eigenvalue weighted by Crippen LogP contribution is -2.36. The Labute approximate surface area is 116 Å². The Morgan fingerprint density at radius 3 is 3.00 bits per heavy atom. The quantitative estimate of drug-likeness (QED) is 0.435. The maximum Gasteiger partial charge on any atom is 0.181 e. The van der Waals surface area contributed by atoms with Crippen molar-refractivity contribution in [2.24, 2.45) is 10.9 Å². The molecule has 2 fully saturated rings. The third kappa shape index (κ3) is 4.96. The van der Waals surface area contributed by atoms with Crippen LogP contribution in [0.4, 0.5) is 0 Å². The highest BCUT2D eigenvalue weighted by Gasteiger charge is 2.28. The first kappa shape index (κ1) is 14.5. The van der Waals surface area contributed by atoms with E-state index < -0.39 is 0 Å². The van der Waals surface area contributed by atoms with E-state index in [9.17, 15) is 0 Å². The van der Waals surface area contributed by atoms with Crippen LogP contribution in [0.3, 0.4) is 0 Å². The summed E-state index contributed by atoms with van der Waals surface area (Å²) in [5.74, 6) is 1.71. The minimum Gasteiger partial charge on any atom is -0.477 e. The number of nitrogens with zero attached hydrogens (tertiary/aromatic N) is 2. The number of hydrogen-bond acceptors (Lipinski definition) is 4. The maximum absolute atomic E-state index is 5.43. The van der Waals surface area contributed by atoms with Crippen LogP contribution < -0.4 is 5.32 Å². The van der Waals surface area contributed by atoms with Gasteiger partial charge in [-0.15, -0.1) is 0 Å². The number of rotatable bonds is 7. The van der Waals surface area contributed by atoms with Crippen molar-refractivity contribution in [2.45, 2.75) is 45.3 Å². The Bertz CT molecular complexity index is 325. The van der Waals surface area contributed by atoms with Gasteiger partial charge in [0.1, 0.15) is 12.8 Å². The predicted octanol–water partition coefficient (Wildman–Crippen LogP) is 2.03. The first-order valence-corrected chi connectivity index (χ1v) is 7.44. The number of likely N-dealkylation sites (tertiary alicyclic amines) is 1. The van der Waals surface area contributed by atoms with Crippen molar-refractivity contribution in [1.82, 2.24) is 10.2 Å². The van der Waals surface area contributed by atoms with Crippen LogP contribution in [-0.4, -0.2) is 49.2 Å². The van der Waals surface area contributed by atoms with Gasteiger partial charge in [-0.25, -0.2) is 4.99 Å². The van der Waals surface area contributed by atoms with E-state index in [0.29, 0.717) is 12.6 Å². The van der Waals surface area contributed by atoms with Gasteiger partial charge in [-0.3, -0.25) is 4.90 Å². The van der Waals surface area contributed by atoms with E-state index in [2.05, 4.69) is 28.7 Å². The lowest BCUT2D eigenvalue weighted by molar-refractivity contribution is 0.250. The summed E-state index contributed by atoms with van der Waals surface area (Å²) in [7, 11) is 0. The third-order valence-corrected chi connectivity index (χ3v) is 3.92.